The second kappa shape index (κ2) is 6.33. The molecule has 7 nitrogen and oxygen atoms in total. The van der Waals surface area contributed by atoms with E-state index in [-0.39, 0.29) is 6.61 Å². The molecule has 0 aliphatic carbocycles. The van der Waals surface area contributed by atoms with Crippen molar-refractivity contribution in [1.82, 2.24) is 5.32 Å². The van der Waals surface area contributed by atoms with E-state index >= 15 is 0 Å². The van der Waals surface area contributed by atoms with Crippen molar-refractivity contribution in [3.8, 4) is 0 Å². The zero-order chi connectivity index (χ0) is 16.3. The number of benzene rings is 1. The fourth-order valence-corrected chi connectivity index (χ4v) is 2.27. The molecule has 1 aliphatic heterocycles. The van der Waals surface area contributed by atoms with Gasteiger partial charge in [-0.05, 0) is 19.4 Å². The minimum absolute atomic E-state index is 0.0535. The number of hydrogen-bond acceptors (Lipinski definition) is 6. The van der Waals surface area contributed by atoms with Crippen LogP contribution < -0.4 is 5.32 Å². The first-order chi connectivity index (χ1) is 10.3. The zero-order valence-electron chi connectivity index (χ0n) is 12.4. The van der Waals surface area contributed by atoms with Crippen LogP contribution in [0.5, 0.6) is 0 Å². The van der Waals surface area contributed by atoms with Crippen LogP contribution in [0.15, 0.2) is 30.3 Å². The Morgan fingerprint density at radius 3 is 2.45 bits per heavy atom. The number of nitrogens with one attached hydrogen (secondary N) is 1. The minimum Gasteiger partial charge on any atom is -0.429 e. The van der Waals surface area contributed by atoms with E-state index in [1.807, 2.05) is 18.2 Å². The van der Waals surface area contributed by atoms with Crippen LogP contribution >= 0.6 is 0 Å². The van der Waals surface area contributed by atoms with Gasteiger partial charge in [-0.15, -0.1) is 0 Å². The molecular formula is C15H19NO6. The van der Waals surface area contributed by atoms with Crippen molar-refractivity contribution in [3.05, 3.63) is 35.9 Å². The third-order valence-corrected chi connectivity index (χ3v) is 3.53. The van der Waals surface area contributed by atoms with Gasteiger partial charge in [0.15, 0.2) is 6.10 Å². The molecule has 3 atom stereocenters. The predicted octanol–water partition coefficient (Wildman–Crippen LogP) is 0.339. The van der Waals surface area contributed by atoms with E-state index in [0.29, 0.717) is 0 Å². The number of carbonyl (C=O) groups is 2. The molecule has 1 aromatic rings. The van der Waals surface area contributed by atoms with Crippen LogP contribution in [-0.2, 0) is 20.9 Å². The zero-order valence-corrected chi connectivity index (χ0v) is 12.4. The molecule has 1 aliphatic rings. The molecule has 2 rings (SSSR count). The van der Waals surface area contributed by atoms with Gasteiger partial charge in [0.05, 0.1) is 6.04 Å². The van der Waals surface area contributed by atoms with E-state index in [4.69, 9.17) is 9.47 Å². The van der Waals surface area contributed by atoms with Gasteiger partial charge in [-0.25, -0.2) is 4.79 Å². The summed E-state index contributed by atoms with van der Waals surface area (Å²) in [6.07, 6.45) is -3.81. The molecule has 1 aromatic carbocycles. The Hall–Kier alpha value is -2.12. The maximum atomic E-state index is 11.8. The van der Waals surface area contributed by atoms with Crippen molar-refractivity contribution in [1.29, 1.82) is 0 Å². The second-order valence-corrected chi connectivity index (χ2v) is 5.65. The lowest BCUT2D eigenvalue weighted by Gasteiger charge is -2.32. The van der Waals surface area contributed by atoms with Crippen LogP contribution in [-0.4, -0.2) is 46.1 Å². The number of carbonyl (C=O) groups excluding carboxylic acids is 2. The molecule has 1 fully saturated rings. The molecule has 0 unspecified atom stereocenters. The molecule has 0 radical (unpaired) electrons. The minimum atomic E-state index is -1.53. The van der Waals surface area contributed by atoms with Crippen molar-refractivity contribution >= 4 is 12.1 Å². The number of ether oxygens (including phenoxy) is 2. The summed E-state index contributed by atoms with van der Waals surface area (Å²) in [5.74, 6) is -0.702. The Labute approximate surface area is 127 Å². The monoisotopic (exact) mass is 309 g/mol. The fraction of sp³-hybridized carbons (Fsp3) is 0.467. The molecule has 3 N–H and O–H groups in total. The highest BCUT2D eigenvalue weighted by atomic mass is 16.7. The van der Waals surface area contributed by atoms with Gasteiger partial charge in [-0.1, -0.05) is 30.3 Å². The SMILES string of the molecule is CC(C)(OC(=O)OCc1ccccc1)[C@H]1NC(=O)[C@H](O)[C@@H]1O. The average molecular weight is 309 g/mol. The molecule has 0 bridgehead atoms. The van der Waals surface area contributed by atoms with Crippen molar-refractivity contribution in [2.45, 2.75) is 44.3 Å². The fourth-order valence-electron chi connectivity index (χ4n) is 2.27. The highest BCUT2D eigenvalue weighted by Gasteiger charge is 2.49. The van der Waals surface area contributed by atoms with E-state index in [9.17, 15) is 19.8 Å². The number of hydrogen-bond donors (Lipinski definition) is 3. The third-order valence-electron chi connectivity index (χ3n) is 3.53. The Bertz CT molecular complexity index is 544. The quantitative estimate of drug-likeness (QED) is 0.693. The summed E-state index contributed by atoms with van der Waals surface area (Å²) in [6.45, 7) is 3.09. The molecule has 1 amide bonds. The van der Waals surface area contributed by atoms with Gasteiger partial charge >= 0.3 is 6.16 Å². The molecule has 0 aromatic heterocycles. The number of aliphatic hydroxyl groups is 2. The maximum Gasteiger partial charge on any atom is 0.509 e. The van der Waals surface area contributed by atoms with Gasteiger partial charge in [0.25, 0.3) is 5.91 Å². The summed E-state index contributed by atoms with van der Waals surface area (Å²) < 4.78 is 10.2. The van der Waals surface area contributed by atoms with Gasteiger partial charge in [-0.2, -0.15) is 0 Å². The summed E-state index contributed by atoms with van der Waals surface area (Å²) in [6, 6.07) is 8.17. The van der Waals surface area contributed by atoms with Crippen LogP contribution in [0.3, 0.4) is 0 Å². The summed E-state index contributed by atoms with van der Waals surface area (Å²) in [5.41, 5.74) is -0.428. The van der Waals surface area contributed by atoms with Crippen LogP contribution in [0.2, 0.25) is 0 Å². The Morgan fingerprint density at radius 2 is 1.91 bits per heavy atom. The van der Waals surface area contributed by atoms with Gasteiger partial charge in [0.2, 0.25) is 0 Å². The first kappa shape index (κ1) is 16.3. The molecule has 22 heavy (non-hydrogen) atoms. The molecular weight excluding hydrogens is 290 g/mol. The molecule has 0 saturated carbocycles. The van der Waals surface area contributed by atoms with E-state index in [1.54, 1.807) is 12.1 Å². The van der Waals surface area contributed by atoms with E-state index in [2.05, 4.69) is 5.32 Å². The molecule has 0 spiro atoms. The molecule has 1 heterocycles. The van der Waals surface area contributed by atoms with Crippen molar-refractivity contribution in [2.24, 2.45) is 0 Å². The van der Waals surface area contributed by atoms with Gasteiger partial charge in [0.1, 0.15) is 18.3 Å². The van der Waals surface area contributed by atoms with Crippen molar-refractivity contribution in [3.63, 3.8) is 0 Å². The lowest BCUT2D eigenvalue weighted by atomic mass is 9.94. The number of rotatable bonds is 4. The third kappa shape index (κ3) is 3.55. The Balaban J connectivity index is 1.91. The van der Waals surface area contributed by atoms with Crippen molar-refractivity contribution < 1.29 is 29.3 Å². The summed E-state index contributed by atoms with van der Waals surface area (Å²) in [4.78, 5) is 23.1. The normalized spacial score (nSPS) is 24.7. The van der Waals surface area contributed by atoms with Gasteiger partial charge in [0, 0.05) is 0 Å². The highest BCUT2D eigenvalue weighted by molar-refractivity contribution is 5.84. The first-order valence-corrected chi connectivity index (χ1v) is 6.87. The average Bonchev–Trinajstić information content (AvgIpc) is 2.74. The van der Waals surface area contributed by atoms with Crippen LogP contribution in [0.25, 0.3) is 0 Å². The Kier molecular flexibility index (Phi) is 4.68. The first-order valence-electron chi connectivity index (χ1n) is 6.87. The van der Waals surface area contributed by atoms with E-state index in [1.165, 1.54) is 13.8 Å². The number of aliphatic hydroxyl groups excluding tert-OH is 2. The highest BCUT2D eigenvalue weighted by Crippen LogP contribution is 2.24. The lowest BCUT2D eigenvalue weighted by Crippen LogP contribution is -2.52. The van der Waals surface area contributed by atoms with Crippen LogP contribution in [0.1, 0.15) is 19.4 Å². The molecule has 120 valence electrons. The predicted molar refractivity (Wildman–Crippen MR) is 75.7 cm³/mol. The van der Waals surface area contributed by atoms with Crippen LogP contribution in [0.4, 0.5) is 4.79 Å². The number of amides is 1. The van der Waals surface area contributed by atoms with Crippen LogP contribution in [0, 0.1) is 0 Å². The maximum absolute atomic E-state index is 11.8. The topological polar surface area (TPSA) is 105 Å². The van der Waals surface area contributed by atoms with E-state index in [0.717, 1.165) is 5.56 Å². The lowest BCUT2D eigenvalue weighted by molar-refractivity contribution is -0.128. The second-order valence-electron chi connectivity index (χ2n) is 5.65. The summed E-state index contributed by atoms with van der Waals surface area (Å²) >= 11 is 0. The van der Waals surface area contributed by atoms with Gasteiger partial charge < -0.3 is 25.0 Å². The summed E-state index contributed by atoms with van der Waals surface area (Å²) in [5, 5.41) is 21.7. The molecule has 7 heteroatoms. The standard InChI is InChI=1S/C15H19NO6/c1-15(2,12-10(17)11(18)13(19)16-12)22-14(20)21-8-9-6-4-3-5-7-9/h3-7,10-12,17-18H,8H2,1-2H3,(H,16,19)/t10-,11+,12-/m0/s1. The van der Waals surface area contributed by atoms with Crippen molar-refractivity contribution in [2.75, 3.05) is 0 Å². The Morgan fingerprint density at radius 1 is 1.27 bits per heavy atom. The molecule has 1 saturated heterocycles. The van der Waals surface area contributed by atoms with Gasteiger partial charge in [-0.3, -0.25) is 4.79 Å². The summed E-state index contributed by atoms with van der Waals surface area (Å²) in [7, 11) is 0. The van der Waals surface area contributed by atoms with E-state index < -0.39 is 35.9 Å². The smallest absolute Gasteiger partial charge is 0.429 e. The largest absolute Gasteiger partial charge is 0.509 e.